The van der Waals surface area contributed by atoms with Gasteiger partial charge in [0.25, 0.3) is 0 Å². The van der Waals surface area contributed by atoms with Crippen LogP contribution in [-0.2, 0) is 4.65 Å². The van der Waals surface area contributed by atoms with E-state index in [1.165, 1.54) is 7.11 Å². The number of para-hydroxylation sites is 1. The van der Waals surface area contributed by atoms with Crippen molar-refractivity contribution in [3.8, 4) is 5.88 Å². The zero-order valence-electron chi connectivity index (χ0n) is 13.1. The molecule has 2 rings (SSSR count). The highest BCUT2D eigenvalue weighted by Crippen LogP contribution is 2.12. The monoisotopic (exact) mass is 316 g/mol. The molecular weight excluding hydrogens is 295 g/mol. The van der Waals surface area contributed by atoms with E-state index in [0.717, 1.165) is 5.69 Å². The summed E-state index contributed by atoms with van der Waals surface area (Å²) in [6, 6.07) is 14.9. The first-order valence-electron chi connectivity index (χ1n) is 7.46. The topological polar surface area (TPSA) is 75.0 Å². The summed E-state index contributed by atoms with van der Waals surface area (Å²) in [6.07, 6.45) is 0. The minimum atomic E-state index is -1.11. The lowest BCUT2D eigenvalue weighted by molar-refractivity contribution is 0.266. The van der Waals surface area contributed by atoms with Crippen LogP contribution in [0.2, 0.25) is 0 Å². The van der Waals surface area contributed by atoms with Gasteiger partial charge in [0.2, 0.25) is 5.88 Å². The Labute approximate surface area is 136 Å². The number of benzene rings is 1. The summed E-state index contributed by atoms with van der Waals surface area (Å²) in [6.45, 7) is 1.40. The first-order chi connectivity index (χ1) is 11.2. The highest BCUT2D eigenvalue weighted by molar-refractivity contribution is 6.58. The molecule has 0 atom stereocenters. The fourth-order valence-corrected chi connectivity index (χ4v) is 2.17. The molecule has 0 bridgehead atoms. The van der Waals surface area contributed by atoms with Crippen LogP contribution in [0.4, 0.5) is 5.69 Å². The fourth-order valence-electron chi connectivity index (χ4n) is 2.17. The van der Waals surface area contributed by atoms with Gasteiger partial charge >= 0.3 is 7.12 Å². The summed E-state index contributed by atoms with van der Waals surface area (Å²) in [5, 5.41) is 19.2. The molecule has 1 heterocycles. The van der Waals surface area contributed by atoms with Crippen molar-refractivity contribution < 1.29 is 19.5 Å². The van der Waals surface area contributed by atoms with E-state index in [1.807, 2.05) is 35.2 Å². The SMILES string of the molecule is COc1cccc(B(O)OCCN(CCO)c2ccccc2)n1. The second kappa shape index (κ2) is 9.14. The van der Waals surface area contributed by atoms with Crippen molar-refractivity contribution in [2.45, 2.75) is 0 Å². The third-order valence-corrected chi connectivity index (χ3v) is 3.34. The molecule has 0 spiro atoms. The van der Waals surface area contributed by atoms with Gasteiger partial charge in [-0.25, -0.2) is 4.98 Å². The van der Waals surface area contributed by atoms with Gasteiger partial charge in [-0.15, -0.1) is 0 Å². The van der Waals surface area contributed by atoms with Gasteiger partial charge in [-0.05, 0) is 18.2 Å². The number of aliphatic hydroxyl groups is 1. The number of aromatic nitrogens is 1. The molecule has 1 aromatic carbocycles. The molecule has 2 aromatic rings. The summed E-state index contributed by atoms with van der Waals surface area (Å²) in [5.41, 5.74) is 1.40. The molecule has 7 heteroatoms. The number of nitrogens with zero attached hydrogens (tertiary/aromatic N) is 2. The zero-order valence-corrected chi connectivity index (χ0v) is 13.1. The summed E-state index contributed by atoms with van der Waals surface area (Å²) >= 11 is 0. The normalized spacial score (nSPS) is 10.4. The van der Waals surface area contributed by atoms with Crippen molar-refractivity contribution in [2.75, 3.05) is 38.3 Å². The van der Waals surface area contributed by atoms with Crippen LogP contribution in [-0.4, -0.2) is 55.6 Å². The predicted octanol–water partition coefficient (Wildman–Crippen LogP) is 0.293. The number of methoxy groups -OCH3 is 1. The second-order valence-corrected chi connectivity index (χ2v) is 4.87. The van der Waals surface area contributed by atoms with E-state index in [2.05, 4.69) is 4.98 Å². The number of aliphatic hydroxyl groups excluding tert-OH is 1. The molecule has 0 saturated carbocycles. The molecule has 2 N–H and O–H groups in total. The van der Waals surface area contributed by atoms with Gasteiger partial charge in [0.15, 0.2) is 0 Å². The molecule has 0 radical (unpaired) electrons. The maximum Gasteiger partial charge on any atom is 0.511 e. The second-order valence-electron chi connectivity index (χ2n) is 4.87. The number of pyridine rings is 1. The lowest BCUT2D eigenvalue weighted by Gasteiger charge is -2.24. The van der Waals surface area contributed by atoms with E-state index in [9.17, 15) is 10.1 Å². The Bertz CT molecular complexity index is 585. The van der Waals surface area contributed by atoms with Crippen molar-refractivity contribution in [3.05, 3.63) is 48.5 Å². The van der Waals surface area contributed by atoms with E-state index in [0.29, 0.717) is 31.2 Å². The van der Waals surface area contributed by atoms with Gasteiger partial charge in [0.1, 0.15) is 0 Å². The average Bonchev–Trinajstić information content (AvgIpc) is 2.61. The van der Waals surface area contributed by atoms with Gasteiger partial charge in [-0.2, -0.15) is 0 Å². The average molecular weight is 316 g/mol. The van der Waals surface area contributed by atoms with Gasteiger partial charge in [-0.1, -0.05) is 24.3 Å². The lowest BCUT2D eigenvalue weighted by Crippen LogP contribution is -2.39. The molecule has 0 amide bonds. The van der Waals surface area contributed by atoms with Crippen LogP contribution in [0, 0.1) is 0 Å². The molecule has 0 unspecified atom stereocenters. The Morgan fingerprint density at radius 2 is 1.87 bits per heavy atom. The van der Waals surface area contributed by atoms with Gasteiger partial charge in [0, 0.05) is 31.5 Å². The molecule has 0 aliphatic carbocycles. The van der Waals surface area contributed by atoms with Crippen LogP contribution in [0.3, 0.4) is 0 Å². The molecule has 23 heavy (non-hydrogen) atoms. The van der Waals surface area contributed by atoms with Crippen molar-refractivity contribution in [1.82, 2.24) is 4.98 Å². The van der Waals surface area contributed by atoms with Crippen molar-refractivity contribution in [1.29, 1.82) is 0 Å². The maximum absolute atomic E-state index is 10.0. The first kappa shape index (κ1) is 17.3. The Balaban J connectivity index is 1.88. The number of anilines is 1. The van der Waals surface area contributed by atoms with Gasteiger partial charge < -0.3 is 24.4 Å². The van der Waals surface area contributed by atoms with Crippen molar-refractivity contribution in [3.63, 3.8) is 0 Å². The lowest BCUT2D eigenvalue weighted by atomic mass is 9.85. The Kier molecular flexibility index (Phi) is 6.87. The van der Waals surface area contributed by atoms with Crippen molar-refractivity contribution >= 4 is 18.4 Å². The largest absolute Gasteiger partial charge is 0.511 e. The summed E-state index contributed by atoms with van der Waals surface area (Å²) in [7, 11) is 0.406. The quantitative estimate of drug-likeness (QED) is 0.648. The molecule has 6 nitrogen and oxygen atoms in total. The van der Waals surface area contributed by atoms with E-state index >= 15 is 0 Å². The van der Waals surface area contributed by atoms with Crippen LogP contribution in [0.25, 0.3) is 0 Å². The third kappa shape index (κ3) is 5.24. The smallest absolute Gasteiger partial charge is 0.481 e. The summed E-state index contributed by atoms with van der Waals surface area (Å²) in [4.78, 5) is 6.12. The third-order valence-electron chi connectivity index (χ3n) is 3.34. The minimum absolute atomic E-state index is 0.0505. The van der Waals surface area contributed by atoms with Gasteiger partial charge in [0.05, 0.1) is 19.3 Å². The van der Waals surface area contributed by atoms with Crippen LogP contribution in [0.5, 0.6) is 5.88 Å². The maximum atomic E-state index is 10.0. The highest BCUT2D eigenvalue weighted by atomic mass is 16.5. The summed E-state index contributed by atoms with van der Waals surface area (Å²) in [5.74, 6) is 0.427. The Morgan fingerprint density at radius 3 is 2.57 bits per heavy atom. The van der Waals surface area contributed by atoms with Crippen LogP contribution in [0.15, 0.2) is 48.5 Å². The molecule has 0 fully saturated rings. The minimum Gasteiger partial charge on any atom is -0.481 e. The Morgan fingerprint density at radius 1 is 1.09 bits per heavy atom. The standard InChI is InChI=1S/C16H21BN2O4/c1-22-16-9-5-8-15(18-16)17(21)23-13-11-19(10-12-20)14-6-3-2-4-7-14/h2-9,20-21H,10-13H2,1H3. The van der Waals surface area contributed by atoms with Crippen molar-refractivity contribution in [2.24, 2.45) is 0 Å². The van der Waals surface area contributed by atoms with Crippen LogP contribution >= 0.6 is 0 Å². The molecule has 0 saturated heterocycles. The number of rotatable bonds is 9. The van der Waals surface area contributed by atoms with Crippen LogP contribution in [0.1, 0.15) is 0 Å². The highest BCUT2D eigenvalue weighted by Gasteiger charge is 2.19. The molecule has 1 aromatic heterocycles. The fraction of sp³-hybridized carbons (Fsp3) is 0.312. The predicted molar refractivity (Wildman–Crippen MR) is 90.1 cm³/mol. The zero-order chi connectivity index (χ0) is 16.5. The molecule has 122 valence electrons. The number of hydrogen-bond donors (Lipinski definition) is 2. The van der Waals surface area contributed by atoms with Gasteiger partial charge in [-0.3, -0.25) is 0 Å². The van der Waals surface area contributed by atoms with E-state index in [4.69, 9.17) is 9.39 Å². The summed E-state index contributed by atoms with van der Waals surface area (Å²) < 4.78 is 10.5. The number of ether oxygens (including phenoxy) is 1. The first-order valence-corrected chi connectivity index (χ1v) is 7.46. The molecule has 0 aliphatic heterocycles. The molecular formula is C16H21BN2O4. The van der Waals surface area contributed by atoms with E-state index in [-0.39, 0.29) is 6.61 Å². The van der Waals surface area contributed by atoms with E-state index in [1.54, 1.807) is 18.2 Å². The Hall–Kier alpha value is -2.09. The van der Waals surface area contributed by atoms with Crippen LogP contribution < -0.4 is 15.2 Å². The van der Waals surface area contributed by atoms with E-state index < -0.39 is 7.12 Å². The molecule has 0 aliphatic rings. The number of hydrogen-bond acceptors (Lipinski definition) is 6.